The van der Waals surface area contributed by atoms with E-state index in [1.807, 2.05) is 6.55 Å². The summed E-state index contributed by atoms with van der Waals surface area (Å²) in [5.74, 6) is 0. The lowest BCUT2D eigenvalue weighted by atomic mass is 10.4. The van der Waals surface area contributed by atoms with Gasteiger partial charge in [-0.3, -0.25) is 0 Å². The summed E-state index contributed by atoms with van der Waals surface area (Å²) in [5.41, 5.74) is 0. The Labute approximate surface area is 233 Å². The normalized spacial score (nSPS) is 10.4. The third kappa shape index (κ3) is 49.5. The van der Waals surface area contributed by atoms with E-state index in [4.69, 9.17) is 47.7 Å². The third-order valence-corrected chi connectivity index (χ3v) is 7.96. The van der Waals surface area contributed by atoms with Crippen LogP contribution in [0.5, 0.6) is 0 Å². The zero-order valence-electron chi connectivity index (χ0n) is 23.6. The molecule has 0 aliphatic carbocycles. The lowest BCUT2D eigenvalue weighted by Crippen LogP contribution is -2.43. The molecule has 0 bridgehead atoms. The molecule has 0 rings (SSSR count). The van der Waals surface area contributed by atoms with Crippen molar-refractivity contribution in [3.05, 3.63) is 0 Å². The fraction of sp³-hybridized carbons (Fsp3) is 1.00. The van der Waals surface area contributed by atoms with Crippen molar-refractivity contribution in [1.82, 2.24) is 0 Å². The predicted molar refractivity (Wildman–Crippen MR) is 160 cm³/mol. The second-order valence-corrected chi connectivity index (χ2v) is 13.9. The van der Waals surface area contributed by atoms with Gasteiger partial charge in [0.2, 0.25) is 0 Å². The first-order chi connectivity index (χ1) is 16.6. The average molecular weight is 586 g/mol. The van der Waals surface area contributed by atoms with Crippen LogP contribution in [0.2, 0.25) is 19.6 Å². The van der Waals surface area contributed by atoms with Crippen molar-refractivity contribution in [2.24, 2.45) is 0 Å². The summed E-state index contributed by atoms with van der Waals surface area (Å²) >= 11 is 0. The molecule has 5 N–H and O–H groups in total. The standard InChI is InChI=1S/C13H30O3Si.C5H14O4Si.C4H10O.CH4O2.2CH4.H2/c1-5-8-11-14-17(4,15-12-9-6-2)16-13-10-7-3;1-10(2,9-5-7)8-4-3-6;1-2-3-4-5;2-1-3;;;/h5-13H2,1-4H3;6-7H,3-5H2,1-2H3;5H,2-4H2,1H3;2-3H,1H2;2*1H4;1H/i;;;;;;1+1. The van der Waals surface area contributed by atoms with E-state index in [1.165, 1.54) is 0 Å². The lowest BCUT2D eigenvalue weighted by molar-refractivity contribution is 0.0513. The zero-order chi connectivity index (χ0) is 27.8. The molecule has 0 aromatic rings. The van der Waals surface area contributed by atoms with Crippen LogP contribution >= 0.6 is 0 Å². The minimum atomic E-state index is -2.36. The maximum absolute atomic E-state index is 8.38. The van der Waals surface area contributed by atoms with E-state index in [-0.39, 0.29) is 36.3 Å². The summed E-state index contributed by atoms with van der Waals surface area (Å²) in [6, 6.07) is 0. The molecule has 0 saturated heterocycles. The molecule has 0 saturated carbocycles. The highest BCUT2D eigenvalue weighted by molar-refractivity contribution is 6.64. The van der Waals surface area contributed by atoms with E-state index in [9.17, 15) is 0 Å². The van der Waals surface area contributed by atoms with Gasteiger partial charge < -0.3 is 47.7 Å². The molecule has 0 atom stereocenters. The number of rotatable bonds is 19. The van der Waals surface area contributed by atoms with Crippen LogP contribution in [0.4, 0.5) is 0 Å². The van der Waals surface area contributed by atoms with Crippen molar-refractivity contribution in [1.29, 1.82) is 0 Å². The molecule has 0 aliphatic rings. The molecule has 0 heterocycles. The highest BCUT2D eigenvalue weighted by Gasteiger charge is 2.34. The average Bonchev–Trinajstić information content (AvgIpc) is 2.80. The molecule has 0 aromatic heterocycles. The number of aliphatic hydroxyl groups is 5. The summed E-state index contributed by atoms with van der Waals surface area (Å²) in [6.45, 7) is 16.0. The van der Waals surface area contributed by atoms with E-state index in [2.05, 4.69) is 27.7 Å². The van der Waals surface area contributed by atoms with Gasteiger partial charge in [-0.25, -0.2) is 0 Å². The van der Waals surface area contributed by atoms with Gasteiger partial charge >= 0.3 is 17.4 Å². The van der Waals surface area contributed by atoms with Crippen molar-refractivity contribution in [3.8, 4) is 0 Å². The van der Waals surface area contributed by atoms with Crippen LogP contribution in [0, 0.1) is 0 Å². The Morgan fingerprint density at radius 3 is 1.08 bits per heavy atom. The predicted octanol–water partition coefficient (Wildman–Crippen LogP) is 4.89. The Kier molecular flexibility index (Phi) is 54.7. The van der Waals surface area contributed by atoms with Crippen LogP contribution in [-0.4, -0.2) is 96.1 Å². The first-order valence-corrected chi connectivity index (χ1v) is 17.9. The van der Waals surface area contributed by atoms with Crippen molar-refractivity contribution in [2.75, 3.05) is 53.2 Å². The van der Waals surface area contributed by atoms with Crippen molar-refractivity contribution >= 4 is 17.4 Å². The first-order valence-electron chi connectivity index (χ1n) is 12.9. The minimum Gasteiger partial charge on any atom is -0.396 e. The van der Waals surface area contributed by atoms with Crippen molar-refractivity contribution in [2.45, 2.75) is 114 Å². The summed E-state index contributed by atoms with van der Waals surface area (Å²) < 4.78 is 27.6. The van der Waals surface area contributed by atoms with Gasteiger partial charge in [0.15, 0.2) is 0 Å². The van der Waals surface area contributed by atoms with Crippen LogP contribution in [0.15, 0.2) is 0 Å². The van der Waals surface area contributed by atoms with Gasteiger partial charge in [-0.15, -0.1) is 0 Å². The number of aliphatic hydroxyl groups excluding tert-OH is 4. The molecule has 0 radical (unpaired) electrons. The largest absolute Gasteiger partial charge is 0.497 e. The SMILES string of the molecule is C.C.CCCCO.CCCCO[Si](C)(OCCCC)OCCCC.C[Si](C)(OCO)OCCO.OCO.[2HH]. The molecular weight excluding hydrogens is 516 g/mol. The molecule has 0 aromatic carbocycles. The summed E-state index contributed by atoms with van der Waals surface area (Å²) in [7, 11) is -4.50. The van der Waals surface area contributed by atoms with Crippen molar-refractivity contribution < 1.29 is 49.1 Å². The first kappa shape index (κ1) is 49.9. The smallest absolute Gasteiger partial charge is 0.396 e. The Bertz CT molecular complexity index is 347. The van der Waals surface area contributed by atoms with Gasteiger partial charge in [0.1, 0.15) is 13.6 Å². The number of hydrogen-bond donors (Lipinski definition) is 5. The Balaban J connectivity index is -0.0000000782. The number of unbranched alkanes of at least 4 members (excludes halogenated alkanes) is 4. The van der Waals surface area contributed by atoms with Gasteiger partial charge in [0, 0.05) is 34.4 Å². The molecule has 10 nitrogen and oxygen atoms in total. The second kappa shape index (κ2) is 40.5. The van der Waals surface area contributed by atoms with Crippen LogP contribution < -0.4 is 0 Å². The maximum atomic E-state index is 8.38. The van der Waals surface area contributed by atoms with E-state index in [0.29, 0.717) is 6.61 Å². The molecule has 0 unspecified atom stereocenters. The van der Waals surface area contributed by atoms with E-state index >= 15 is 0 Å². The van der Waals surface area contributed by atoms with Crippen LogP contribution in [0.25, 0.3) is 0 Å². The summed E-state index contributed by atoms with van der Waals surface area (Å²) in [5, 5.41) is 39.1. The Morgan fingerprint density at radius 1 is 0.514 bits per heavy atom. The van der Waals surface area contributed by atoms with Gasteiger partial charge in [0.25, 0.3) is 0 Å². The quantitative estimate of drug-likeness (QED) is 0.0806. The Hall–Kier alpha value is 0.0338. The van der Waals surface area contributed by atoms with Gasteiger partial charge in [0.05, 0.1) is 13.2 Å². The van der Waals surface area contributed by atoms with Gasteiger partial charge in [-0.05, 0) is 38.8 Å². The second-order valence-electron chi connectivity index (χ2n) is 7.93. The summed E-state index contributed by atoms with van der Waals surface area (Å²) in [4.78, 5) is 0. The maximum Gasteiger partial charge on any atom is 0.497 e. The molecule has 0 amide bonds. The highest BCUT2D eigenvalue weighted by Crippen LogP contribution is 2.12. The Morgan fingerprint density at radius 2 is 0.865 bits per heavy atom. The summed E-state index contributed by atoms with van der Waals surface area (Å²) in [6.07, 6.45) is 8.72. The monoisotopic (exact) mass is 585 g/mol. The molecule has 12 heteroatoms. The molecule has 0 fully saturated rings. The molecule has 0 spiro atoms. The lowest BCUT2D eigenvalue weighted by Gasteiger charge is -2.26. The van der Waals surface area contributed by atoms with Gasteiger partial charge in [-0.1, -0.05) is 68.2 Å². The van der Waals surface area contributed by atoms with Crippen molar-refractivity contribution in [3.63, 3.8) is 0 Å². The molecule has 236 valence electrons. The fourth-order valence-corrected chi connectivity index (χ4v) is 4.75. The van der Waals surface area contributed by atoms with Gasteiger partial charge in [-0.2, -0.15) is 0 Å². The zero-order valence-corrected chi connectivity index (χ0v) is 25.6. The van der Waals surface area contributed by atoms with Crippen LogP contribution in [-0.2, 0) is 22.1 Å². The fourth-order valence-electron chi connectivity index (χ4n) is 1.98. The van der Waals surface area contributed by atoms with E-state index in [1.54, 1.807) is 13.1 Å². The topological polar surface area (TPSA) is 147 Å². The van der Waals surface area contributed by atoms with Crippen LogP contribution in [0.3, 0.4) is 0 Å². The third-order valence-electron chi connectivity index (χ3n) is 4.05. The van der Waals surface area contributed by atoms with E-state index < -0.39 is 24.2 Å². The molecule has 37 heavy (non-hydrogen) atoms. The number of hydrogen-bond acceptors (Lipinski definition) is 10. The van der Waals surface area contributed by atoms with E-state index in [0.717, 1.165) is 71.2 Å². The highest BCUT2D eigenvalue weighted by atomic mass is 28.4. The minimum absolute atomic E-state index is 0. The molecule has 0 aliphatic heterocycles. The van der Waals surface area contributed by atoms with Crippen LogP contribution in [0.1, 0.15) is 95.3 Å². The molecular formula is C25H68O10Si2.